The van der Waals surface area contributed by atoms with E-state index < -0.39 is 0 Å². The van der Waals surface area contributed by atoms with Crippen molar-refractivity contribution in [1.82, 2.24) is 10.1 Å². The first kappa shape index (κ1) is 14.1. The van der Waals surface area contributed by atoms with Crippen LogP contribution in [0.2, 0.25) is 0 Å². The molecule has 4 nitrogen and oxygen atoms in total. The smallest absolute Gasteiger partial charge is 0.243 e. The number of hydrogen-bond donors (Lipinski definition) is 1. The highest BCUT2D eigenvalue weighted by atomic mass is 16.5. The highest BCUT2D eigenvalue weighted by Gasteiger charge is 2.28. The first-order chi connectivity index (χ1) is 9.84. The minimum atomic E-state index is -0.0534. The van der Waals surface area contributed by atoms with Gasteiger partial charge in [0, 0.05) is 5.92 Å². The van der Waals surface area contributed by atoms with E-state index in [1.807, 2.05) is 0 Å². The van der Waals surface area contributed by atoms with Gasteiger partial charge in [-0.15, -0.1) is 0 Å². The van der Waals surface area contributed by atoms with Gasteiger partial charge >= 0.3 is 0 Å². The fourth-order valence-electron chi connectivity index (χ4n) is 3.78. The minimum absolute atomic E-state index is 0.0534. The van der Waals surface area contributed by atoms with E-state index in [2.05, 4.69) is 10.1 Å². The van der Waals surface area contributed by atoms with Crippen molar-refractivity contribution in [2.45, 2.75) is 82.6 Å². The Hall–Kier alpha value is -0.900. The second-order valence-electron chi connectivity index (χ2n) is 6.60. The summed E-state index contributed by atoms with van der Waals surface area (Å²) < 4.78 is 5.49. The van der Waals surface area contributed by atoms with Gasteiger partial charge in [0.25, 0.3) is 0 Å². The zero-order valence-electron chi connectivity index (χ0n) is 12.4. The Labute approximate surface area is 121 Å². The molecule has 112 valence electrons. The maximum absolute atomic E-state index is 6.35. The molecule has 2 N–H and O–H groups in total. The van der Waals surface area contributed by atoms with Crippen LogP contribution in [0.25, 0.3) is 0 Å². The van der Waals surface area contributed by atoms with E-state index in [1.165, 1.54) is 70.6 Å². The van der Waals surface area contributed by atoms with Gasteiger partial charge in [0.1, 0.15) is 0 Å². The molecule has 0 spiro atoms. The molecule has 0 aromatic carbocycles. The lowest BCUT2D eigenvalue weighted by Crippen LogP contribution is -2.23. The number of nitrogens with two attached hydrogens (primary N) is 1. The quantitative estimate of drug-likeness (QED) is 0.845. The molecule has 20 heavy (non-hydrogen) atoms. The minimum Gasteiger partial charge on any atom is -0.338 e. The highest BCUT2D eigenvalue weighted by Crippen LogP contribution is 2.34. The molecule has 1 atom stereocenters. The Bertz CT molecular complexity index is 404. The molecule has 4 heteroatoms. The van der Waals surface area contributed by atoms with Crippen LogP contribution in [0.1, 0.15) is 94.3 Å². The average molecular weight is 277 g/mol. The molecule has 0 amide bonds. The zero-order chi connectivity index (χ0) is 13.8. The third kappa shape index (κ3) is 3.22. The summed E-state index contributed by atoms with van der Waals surface area (Å²) in [6.45, 7) is 0. The van der Waals surface area contributed by atoms with Crippen molar-refractivity contribution in [3.8, 4) is 0 Å². The Morgan fingerprint density at radius 2 is 1.50 bits per heavy atom. The lowest BCUT2D eigenvalue weighted by atomic mass is 9.84. The number of hydrogen-bond acceptors (Lipinski definition) is 4. The van der Waals surface area contributed by atoms with Crippen LogP contribution < -0.4 is 5.73 Å². The molecule has 2 aliphatic carbocycles. The van der Waals surface area contributed by atoms with Gasteiger partial charge in [-0.25, -0.2) is 0 Å². The van der Waals surface area contributed by atoms with Crippen molar-refractivity contribution in [2.24, 2.45) is 11.7 Å². The van der Waals surface area contributed by atoms with Crippen LogP contribution in [0.3, 0.4) is 0 Å². The summed E-state index contributed by atoms with van der Waals surface area (Å²) in [5.41, 5.74) is 6.35. The first-order valence-corrected chi connectivity index (χ1v) is 8.43. The van der Waals surface area contributed by atoms with Crippen LogP contribution in [0.15, 0.2) is 4.52 Å². The Kier molecular flexibility index (Phi) is 4.71. The summed E-state index contributed by atoms with van der Waals surface area (Å²) in [5.74, 6) is 2.61. The molecule has 0 radical (unpaired) electrons. The molecule has 1 unspecified atom stereocenters. The normalized spacial score (nSPS) is 24.4. The van der Waals surface area contributed by atoms with Crippen LogP contribution in [0.5, 0.6) is 0 Å². The molecular formula is C16H27N3O. The molecule has 1 aromatic heterocycles. The molecule has 1 heterocycles. The zero-order valence-corrected chi connectivity index (χ0v) is 12.4. The third-order valence-corrected chi connectivity index (χ3v) is 5.12. The van der Waals surface area contributed by atoms with Crippen LogP contribution in [0, 0.1) is 5.92 Å². The molecule has 3 rings (SSSR count). The van der Waals surface area contributed by atoms with E-state index in [0.29, 0.717) is 17.7 Å². The topological polar surface area (TPSA) is 64.9 Å². The van der Waals surface area contributed by atoms with E-state index >= 15 is 0 Å². The van der Waals surface area contributed by atoms with Gasteiger partial charge in [-0.3, -0.25) is 0 Å². The maximum Gasteiger partial charge on any atom is 0.243 e. The predicted molar refractivity (Wildman–Crippen MR) is 78.2 cm³/mol. The van der Waals surface area contributed by atoms with Crippen LogP contribution in [-0.4, -0.2) is 10.1 Å². The second-order valence-corrected chi connectivity index (χ2v) is 6.60. The van der Waals surface area contributed by atoms with Crippen LogP contribution in [-0.2, 0) is 0 Å². The molecule has 0 aliphatic heterocycles. The Morgan fingerprint density at radius 1 is 0.900 bits per heavy atom. The van der Waals surface area contributed by atoms with Crippen molar-refractivity contribution in [3.63, 3.8) is 0 Å². The van der Waals surface area contributed by atoms with Gasteiger partial charge in [-0.2, -0.15) is 4.98 Å². The number of nitrogens with zero attached hydrogens (tertiary/aromatic N) is 2. The predicted octanol–water partition coefficient (Wildman–Crippen LogP) is 4.09. The fourth-order valence-corrected chi connectivity index (χ4v) is 3.78. The standard InChI is InChI=1S/C16H27N3O/c17-14(12-8-6-3-7-9-12)16-18-15(19-20-16)13-10-4-1-2-5-11-13/h12-14H,1-11,17H2. The molecule has 2 aliphatic rings. The van der Waals surface area contributed by atoms with Crippen molar-refractivity contribution in [1.29, 1.82) is 0 Å². The van der Waals surface area contributed by atoms with E-state index in [1.54, 1.807) is 0 Å². The summed E-state index contributed by atoms with van der Waals surface area (Å²) in [5, 5.41) is 4.23. The van der Waals surface area contributed by atoms with Gasteiger partial charge in [-0.05, 0) is 31.6 Å². The summed E-state index contributed by atoms with van der Waals surface area (Å²) in [6.07, 6.45) is 14.1. The summed E-state index contributed by atoms with van der Waals surface area (Å²) in [6, 6.07) is -0.0534. The molecule has 1 aromatic rings. The van der Waals surface area contributed by atoms with Gasteiger partial charge in [0.2, 0.25) is 5.89 Å². The molecule has 2 fully saturated rings. The lowest BCUT2D eigenvalue weighted by Gasteiger charge is -2.24. The van der Waals surface area contributed by atoms with Gasteiger partial charge in [0.15, 0.2) is 5.82 Å². The highest BCUT2D eigenvalue weighted by molar-refractivity contribution is 5.00. The van der Waals surface area contributed by atoms with E-state index in [-0.39, 0.29) is 6.04 Å². The largest absolute Gasteiger partial charge is 0.338 e. The Balaban J connectivity index is 1.65. The van der Waals surface area contributed by atoms with Crippen molar-refractivity contribution in [2.75, 3.05) is 0 Å². The van der Waals surface area contributed by atoms with E-state index in [9.17, 15) is 0 Å². The Morgan fingerprint density at radius 3 is 2.20 bits per heavy atom. The summed E-state index contributed by atoms with van der Waals surface area (Å²) in [4.78, 5) is 4.65. The number of aromatic nitrogens is 2. The van der Waals surface area contributed by atoms with Crippen molar-refractivity contribution < 1.29 is 4.52 Å². The van der Waals surface area contributed by atoms with Gasteiger partial charge < -0.3 is 10.3 Å². The number of rotatable bonds is 3. The van der Waals surface area contributed by atoms with Crippen molar-refractivity contribution in [3.05, 3.63) is 11.7 Å². The lowest BCUT2D eigenvalue weighted by molar-refractivity contribution is 0.255. The fraction of sp³-hybridized carbons (Fsp3) is 0.875. The summed E-state index contributed by atoms with van der Waals surface area (Å²) >= 11 is 0. The van der Waals surface area contributed by atoms with E-state index in [0.717, 1.165) is 5.82 Å². The molecule has 0 bridgehead atoms. The third-order valence-electron chi connectivity index (χ3n) is 5.12. The average Bonchev–Trinajstić information content (AvgIpc) is 2.83. The maximum atomic E-state index is 6.35. The van der Waals surface area contributed by atoms with Gasteiger partial charge in [-0.1, -0.05) is 50.1 Å². The van der Waals surface area contributed by atoms with Crippen LogP contribution >= 0.6 is 0 Å². The van der Waals surface area contributed by atoms with E-state index in [4.69, 9.17) is 10.3 Å². The SMILES string of the molecule is NC(c1nc(C2CCCCCC2)no1)C1CCCCC1. The molecule has 2 saturated carbocycles. The molecule has 0 saturated heterocycles. The molecular weight excluding hydrogens is 250 g/mol. The summed E-state index contributed by atoms with van der Waals surface area (Å²) in [7, 11) is 0. The van der Waals surface area contributed by atoms with Gasteiger partial charge in [0.05, 0.1) is 6.04 Å². The monoisotopic (exact) mass is 277 g/mol. The second kappa shape index (κ2) is 6.70. The van der Waals surface area contributed by atoms with Crippen LogP contribution in [0.4, 0.5) is 0 Å². The van der Waals surface area contributed by atoms with Crippen molar-refractivity contribution >= 4 is 0 Å². The first-order valence-electron chi connectivity index (χ1n) is 8.43.